The molecule has 92 valence electrons. The minimum atomic E-state index is 0.910. The second-order valence-corrected chi connectivity index (χ2v) is 5.46. The highest BCUT2D eigenvalue weighted by Crippen LogP contribution is 2.26. The summed E-state index contributed by atoms with van der Waals surface area (Å²) in [4.78, 5) is 0. The fourth-order valence-corrected chi connectivity index (χ4v) is 2.65. The summed E-state index contributed by atoms with van der Waals surface area (Å²) in [6.07, 6.45) is 12.1. The summed E-state index contributed by atoms with van der Waals surface area (Å²) in [6, 6.07) is 10.8. The summed E-state index contributed by atoms with van der Waals surface area (Å²) in [5.74, 6) is 0.910. The Kier molecular flexibility index (Phi) is 4.85. The third-order valence-corrected chi connectivity index (χ3v) is 3.82. The molecule has 1 aliphatic rings. The maximum atomic E-state index is 2.41. The molecule has 1 unspecified atom stereocenters. The van der Waals surface area contributed by atoms with Crippen LogP contribution in [0, 0.1) is 5.92 Å². The lowest BCUT2D eigenvalue weighted by Gasteiger charge is -2.10. The molecular weight excluding hydrogens is 204 g/mol. The van der Waals surface area contributed by atoms with E-state index in [4.69, 9.17) is 0 Å². The zero-order valence-electron chi connectivity index (χ0n) is 11.0. The van der Waals surface area contributed by atoms with Crippen LogP contribution in [0.25, 0.3) is 6.08 Å². The Labute approximate surface area is 106 Å². The molecule has 0 N–H and O–H groups in total. The van der Waals surface area contributed by atoms with Gasteiger partial charge >= 0.3 is 0 Å². The second-order valence-electron chi connectivity index (χ2n) is 5.46. The van der Waals surface area contributed by atoms with Crippen LogP contribution in [-0.2, 0) is 0 Å². The van der Waals surface area contributed by atoms with E-state index in [0.717, 1.165) is 5.92 Å². The first-order chi connectivity index (χ1) is 8.34. The van der Waals surface area contributed by atoms with E-state index in [2.05, 4.69) is 43.3 Å². The zero-order valence-corrected chi connectivity index (χ0v) is 11.0. The van der Waals surface area contributed by atoms with E-state index in [0.29, 0.717) is 0 Å². The second kappa shape index (κ2) is 6.64. The average Bonchev–Trinajstić information content (AvgIpc) is 2.45. The van der Waals surface area contributed by atoms with Gasteiger partial charge in [0, 0.05) is 0 Å². The average molecular weight is 228 g/mol. The summed E-state index contributed by atoms with van der Waals surface area (Å²) in [6.45, 7) is 2.41. The van der Waals surface area contributed by atoms with E-state index in [1.54, 1.807) is 5.57 Å². The minimum Gasteiger partial charge on any atom is -0.0696 e. The van der Waals surface area contributed by atoms with Crippen molar-refractivity contribution in [3.8, 4) is 0 Å². The number of rotatable bonds is 1. The largest absolute Gasteiger partial charge is 0.0696 e. The lowest BCUT2D eigenvalue weighted by atomic mass is 9.96. The summed E-state index contributed by atoms with van der Waals surface area (Å²) in [7, 11) is 0. The van der Waals surface area contributed by atoms with Crippen molar-refractivity contribution < 1.29 is 0 Å². The van der Waals surface area contributed by atoms with Crippen LogP contribution in [0.15, 0.2) is 35.9 Å². The van der Waals surface area contributed by atoms with Crippen molar-refractivity contribution >= 4 is 6.08 Å². The van der Waals surface area contributed by atoms with Crippen molar-refractivity contribution in [1.29, 1.82) is 0 Å². The molecule has 0 aromatic heterocycles. The van der Waals surface area contributed by atoms with Gasteiger partial charge in [0.1, 0.15) is 0 Å². The van der Waals surface area contributed by atoms with Gasteiger partial charge in [-0.05, 0) is 37.2 Å². The third-order valence-electron chi connectivity index (χ3n) is 3.82. The van der Waals surface area contributed by atoms with Gasteiger partial charge in [0.2, 0.25) is 0 Å². The highest BCUT2D eigenvalue weighted by molar-refractivity contribution is 5.52. The molecule has 1 fully saturated rings. The van der Waals surface area contributed by atoms with Crippen LogP contribution in [0.2, 0.25) is 0 Å². The lowest BCUT2D eigenvalue weighted by molar-refractivity contribution is 0.475. The molecule has 0 bridgehead atoms. The Morgan fingerprint density at radius 3 is 2.59 bits per heavy atom. The van der Waals surface area contributed by atoms with Crippen molar-refractivity contribution in [3.63, 3.8) is 0 Å². The lowest BCUT2D eigenvalue weighted by Crippen LogP contribution is -1.94. The highest BCUT2D eigenvalue weighted by atomic mass is 14.1. The summed E-state index contributed by atoms with van der Waals surface area (Å²) in [5, 5.41) is 0. The molecule has 0 radical (unpaired) electrons. The molecule has 0 nitrogen and oxygen atoms in total. The molecule has 0 aliphatic heterocycles. The van der Waals surface area contributed by atoms with Crippen LogP contribution >= 0.6 is 0 Å². The molecule has 1 aliphatic carbocycles. The third kappa shape index (κ3) is 4.38. The summed E-state index contributed by atoms with van der Waals surface area (Å²) in [5.41, 5.74) is 3.03. The van der Waals surface area contributed by atoms with Crippen LogP contribution < -0.4 is 0 Å². The fourth-order valence-electron chi connectivity index (χ4n) is 2.65. The highest BCUT2D eigenvalue weighted by Gasteiger charge is 2.08. The van der Waals surface area contributed by atoms with Crippen LogP contribution in [0.5, 0.6) is 0 Å². The first-order valence-electron chi connectivity index (χ1n) is 7.09. The van der Waals surface area contributed by atoms with E-state index in [9.17, 15) is 0 Å². The van der Waals surface area contributed by atoms with Crippen LogP contribution in [0.3, 0.4) is 0 Å². The summed E-state index contributed by atoms with van der Waals surface area (Å²) < 4.78 is 0. The van der Waals surface area contributed by atoms with E-state index < -0.39 is 0 Å². The fraction of sp³-hybridized carbons (Fsp3) is 0.529. The van der Waals surface area contributed by atoms with Gasteiger partial charge in [0.25, 0.3) is 0 Å². The number of hydrogen-bond acceptors (Lipinski definition) is 0. The van der Waals surface area contributed by atoms with Gasteiger partial charge in [0.15, 0.2) is 0 Å². The Hall–Kier alpha value is -1.04. The maximum absolute atomic E-state index is 2.41. The van der Waals surface area contributed by atoms with Crippen molar-refractivity contribution in [2.24, 2.45) is 5.92 Å². The molecular formula is C17H24. The van der Waals surface area contributed by atoms with Crippen LogP contribution in [0.4, 0.5) is 0 Å². The SMILES string of the molecule is CC1CCCCCC(=Cc2ccccc2)CC1. The molecule has 0 heterocycles. The molecule has 17 heavy (non-hydrogen) atoms. The Morgan fingerprint density at radius 2 is 1.76 bits per heavy atom. The van der Waals surface area contributed by atoms with E-state index in [-0.39, 0.29) is 0 Å². The number of hydrogen-bond donors (Lipinski definition) is 0. The zero-order chi connectivity index (χ0) is 11.9. The van der Waals surface area contributed by atoms with Crippen LogP contribution in [-0.4, -0.2) is 0 Å². The smallest absolute Gasteiger partial charge is 0.0257 e. The molecule has 1 aromatic rings. The maximum Gasteiger partial charge on any atom is -0.0257 e. The molecule has 2 rings (SSSR count). The molecule has 1 atom stereocenters. The predicted molar refractivity (Wildman–Crippen MR) is 75.9 cm³/mol. The molecule has 0 spiro atoms. The van der Waals surface area contributed by atoms with Crippen molar-refractivity contribution in [3.05, 3.63) is 41.5 Å². The Bertz CT molecular complexity index is 348. The first-order valence-corrected chi connectivity index (χ1v) is 7.09. The van der Waals surface area contributed by atoms with Crippen molar-refractivity contribution in [1.82, 2.24) is 0 Å². The number of allylic oxidation sites excluding steroid dienone is 1. The molecule has 1 saturated carbocycles. The van der Waals surface area contributed by atoms with Gasteiger partial charge in [-0.1, -0.05) is 68.2 Å². The van der Waals surface area contributed by atoms with Gasteiger partial charge in [-0.3, -0.25) is 0 Å². The Balaban J connectivity index is 2.04. The van der Waals surface area contributed by atoms with E-state index in [1.165, 1.54) is 50.5 Å². The van der Waals surface area contributed by atoms with Gasteiger partial charge in [-0.15, -0.1) is 0 Å². The van der Waals surface area contributed by atoms with Gasteiger partial charge < -0.3 is 0 Å². The number of benzene rings is 1. The molecule has 1 aromatic carbocycles. The molecule has 0 amide bonds. The quantitative estimate of drug-likeness (QED) is 0.599. The predicted octanol–water partition coefficient (Wildman–Crippen LogP) is 5.45. The van der Waals surface area contributed by atoms with Gasteiger partial charge in [-0.25, -0.2) is 0 Å². The Morgan fingerprint density at radius 1 is 0.941 bits per heavy atom. The van der Waals surface area contributed by atoms with Crippen LogP contribution in [0.1, 0.15) is 57.4 Å². The summed E-state index contributed by atoms with van der Waals surface area (Å²) >= 11 is 0. The van der Waals surface area contributed by atoms with Gasteiger partial charge in [-0.2, -0.15) is 0 Å². The minimum absolute atomic E-state index is 0.910. The van der Waals surface area contributed by atoms with Crippen molar-refractivity contribution in [2.45, 2.75) is 51.9 Å². The monoisotopic (exact) mass is 228 g/mol. The first kappa shape index (κ1) is 12.4. The topological polar surface area (TPSA) is 0 Å². The van der Waals surface area contributed by atoms with Crippen molar-refractivity contribution in [2.75, 3.05) is 0 Å². The molecule has 0 heteroatoms. The molecule has 0 saturated heterocycles. The normalized spacial score (nSPS) is 25.0. The van der Waals surface area contributed by atoms with E-state index in [1.807, 2.05) is 0 Å². The van der Waals surface area contributed by atoms with Gasteiger partial charge in [0.05, 0.1) is 0 Å². The standard InChI is InChI=1S/C17H24/c1-15-8-4-2-5-11-17(13-12-15)14-16-9-6-3-7-10-16/h3,6-7,9-10,14-15H,2,4-5,8,11-13H2,1H3. The van der Waals surface area contributed by atoms with E-state index >= 15 is 0 Å².